The van der Waals surface area contributed by atoms with Crippen LogP contribution >= 0.6 is 12.6 Å². The van der Waals surface area contributed by atoms with E-state index < -0.39 is 0 Å². The number of thiol groups is 1. The number of ether oxygens (including phenoxy) is 1. The highest BCUT2D eigenvalue weighted by molar-refractivity contribution is 7.80. The van der Waals surface area contributed by atoms with Crippen molar-refractivity contribution in [2.45, 2.75) is 6.42 Å². The number of Topliss-reactive ketones (excluding diaryl/α,β-unsaturated/α-hetero) is 1. The first-order valence-corrected chi connectivity index (χ1v) is 6.40. The summed E-state index contributed by atoms with van der Waals surface area (Å²) in [6.07, 6.45) is 0.460. The molecule has 0 radical (unpaired) electrons. The zero-order valence-electron chi connectivity index (χ0n) is 9.87. The second kappa shape index (κ2) is 6.26. The fourth-order valence-electron chi connectivity index (χ4n) is 1.58. The standard InChI is InChI=1S/C15H14O2S/c16-15(10-11-18)12-6-8-14(9-7-12)17-13-4-2-1-3-5-13/h1-9,18H,10-11H2. The van der Waals surface area contributed by atoms with Crippen molar-refractivity contribution in [2.24, 2.45) is 0 Å². The third-order valence-electron chi connectivity index (χ3n) is 2.49. The molecule has 0 bridgehead atoms. The molecule has 0 aromatic heterocycles. The molecule has 2 nitrogen and oxygen atoms in total. The van der Waals surface area contributed by atoms with E-state index in [2.05, 4.69) is 12.6 Å². The molecule has 0 heterocycles. The first kappa shape index (κ1) is 12.7. The van der Waals surface area contributed by atoms with Gasteiger partial charge >= 0.3 is 0 Å². The van der Waals surface area contributed by atoms with Crippen LogP contribution in [0.3, 0.4) is 0 Å². The molecule has 92 valence electrons. The minimum Gasteiger partial charge on any atom is -0.457 e. The van der Waals surface area contributed by atoms with Crippen molar-refractivity contribution in [2.75, 3.05) is 5.75 Å². The van der Waals surface area contributed by atoms with E-state index >= 15 is 0 Å². The molecule has 3 heteroatoms. The molecule has 2 aromatic rings. The Morgan fingerprint density at radius 2 is 1.56 bits per heavy atom. The zero-order chi connectivity index (χ0) is 12.8. The maximum atomic E-state index is 11.6. The van der Waals surface area contributed by atoms with Gasteiger partial charge in [0.15, 0.2) is 5.78 Å². The molecule has 18 heavy (non-hydrogen) atoms. The van der Waals surface area contributed by atoms with Gasteiger partial charge in [0.25, 0.3) is 0 Å². The second-order valence-electron chi connectivity index (χ2n) is 3.84. The quantitative estimate of drug-likeness (QED) is 0.648. The SMILES string of the molecule is O=C(CCS)c1ccc(Oc2ccccc2)cc1. The molecule has 0 amide bonds. The molecule has 0 aliphatic carbocycles. The molecule has 0 spiro atoms. The van der Waals surface area contributed by atoms with E-state index in [1.807, 2.05) is 30.3 Å². The summed E-state index contributed by atoms with van der Waals surface area (Å²) in [6, 6.07) is 16.7. The fourth-order valence-corrected chi connectivity index (χ4v) is 1.78. The van der Waals surface area contributed by atoms with E-state index in [9.17, 15) is 4.79 Å². The van der Waals surface area contributed by atoms with E-state index in [0.717, 1.165) is 11.5 Å². The minimum atomic E-state index is 0.108. The molecule has 0 fully saturated rings. The van der Waals surface area contributed by atoms with Crippen molar-refractivity contribution in [3.8, 4) is 11.5 Å². The van der Waals surface area contributed by atoms with Crippen molar-refractivity contribution in [1.82, 2.24) is 0 Å². The predicted molar refractivity (Wildman–Crippen MR) is 75.8 cm³/mol. The van der Waals surface area contributed by atoms with Crippen LogP contribution in [0.25, 0.3) is 0 Å². The lowest BCUT2D eigenvalue weighted by atomic mass is 10.1. The number of carbonyl (C=O) groups is 1. The van der Waals surface area contributed by atoms with Gasteiger partial charge in [0.1, 0.15) is 11.5 Å². The number of hydrogen-bond acceptors (Lipinski definition) is 3. The Kier molecular flexibility index (Phi) is 4.42. The largest absolute Gasteiger partial charge is 0.457 e. The van der Waals surface area contributed by atoms with Crippen LogP contribution in [-0.2, 0) is 0 Å². The van der Waals surface area contributed by atoms with Gasteiger partial charge < -0.3 is 4.74 Å². The maximum absolute atomic E-state index is 11.6. The number of para-hydroxylation sites is 1. The summed E-state index contributed by atoms with van der Waals surface area (Å²) in [7, 11) is 0. The van der Waals surface area contributed by atoms with Gasteiger partial charge in [-0.2, -0.15) is 12.6 Å². The van der Waals surface area contributed by atoms with Crippen LogP contribution in [-0.4, -0.2) is 11.5 Å². The fraction of sp³-hybridized carbons (Fsp3) is 0.133. The number of ketones is 1. The highest BCUT2D eigenvalue weighted by Gasteiger charge is 2.04. The summed E-state index contributed by atoms with van der Waals surface area (Å²) in [5.74, 6) is 2.19. The van der Waals surface area contributed by atoms with Crippen LogP contribution in [0.5, 0.6) is 11.5 Å². The van der Waals surface area contributed by atoms with Crippen molar-refractivity contribution in [3.63, 3.8) is 0 Å². The van der Waals surface area contributed by atoms with Gasteiger partial charge in [-0.1, -0.05) is 18.2 Å². The van der Waals surface area contributed by atoms with Gasteiger partial charge in [0, 0.05) is 12.0 Å². The average Bonchev–Trinajstić information content (AvgIpc) is 2.41. The average molecular weight is 258 g/mol. The topological polar surface area (TPSA) is 26.3 Å². The van der Waals surface area contributed by atoms with Gasteiger partial charge in [-0.05, 0) is 42.2 Å². The highest BCUT2D eigenvalue weighted by Crippen LogP contribution is 2.21. The lowest BCUT2D eigenvalue weighted by molar-refractivity contribution is 0.0989. The molecular weight excluding hydrogens is 244 g/mol. The Bertz CT molecular complexity index is 506. The van der Waals surface area contributed by atoms with Crippen LogP contribution in [0, 0.1) is 0 Å². The van der Waals surface area contributed by atoms with Gasteiger partial charge in [0.2, 0.25) is 0 Å². The van der Waals surface area contributed by atoms with Crippen LogP contribution in [0.4, 0.5) is 0 Å². The minimum absolute atomic E-state index is 0.108. The molecular formula is C15H14O2S. The molecule has 0 aliphatic heterocycles. The van der Waals surface area contributed by atoms with Crippen LogP contribution < -0.4 is 4.74 Å². The third-order valence-corrected chi connectivity index (χ3v) is 2.72. The Morgan fingerprint density at radius 1 is 0.944 bits per heavy atom. The summed E-state index contributed by atoms with van der Waals surface area (Å²) in [5.41, 5.74) is 0.699. The zero-order valence-corrected chi connectivity index (χ0v) is 10.8. The van der Waals surface area contributed by atoms with Crippen LogP contribution in [0.2, 0.25) is 0 Å². The smallest absolute Gasteiger partial charge is 0.163 e. The van der Waals surface area contributed by atoms with E-state index in [-0.39, 0.29) is 5.78 Å². The van der Waals surface area contributed by atoms with E-state index in [4.69, 9.17) is 4.74 Å². The van der Waals surface area contributed by atoms with Crippen molar-refractivity contribution < 1.29 is 9.53 Å². The number of rotatable bonds is 5. The predicted octanol–water partition coefficient (Wildman–Crippen LogP) is 3.98. The molecule has 0 saturated carbocycles. The highest BCUT2D eigenvalue weighted by atomic mass is 32.1. The van der Waals surface area contributed by atoms with Crippen molar-refractivity contribution >= 4 is 18.4 Å². The Hall–Kier alpha value is -1.74. The molecule has 0 saturated heterocycles. The molecule has 2 aromatic carbocycles. The Morgan fingerprint density at radius 3 is 2.17 bits per heavy atom. The molecule has 0 aliphatic rings. The van der Waals surface area contributed by atoms with Gasteiger partial charge in [-0.25, -0.2) is 0 Å². The van der Waals surface area contributed by atoms with Gasteiger partial charge in [0.05, 0.1) is 0 Å². The third kappa shape index (κ3) is 3.37. The summed E-state index contributed by atoms with van der Waals surface area (Å²) in [5, 5.41) is 0. The number of carbonyl (C=O) groups excluding carboxylic acids is 1. The van der Waals surface area contributed by atoms with Crippen LogP contribution in [0.1, 0.15) is 16.8 Å². The summed E-state index contributed by atoms with van der Waals surface area (Å²) < 4.78 is 5.65. The van der Waals surface area contributed by atoms with E-state index in [1.165, 1.54) is 0 Å². The monoisotopic (exact) mass is 258 g/mol. The van der Waals surface area contributed by atoms with Crippen molar-refractivity contribution in [1.29, 1.82) is 0 Å². The summed E-state index contributed by atoms with van der Waals surface area (Å²) in [6.45, 7) is 0. The molecule has 2 rings (SSSR count). The number of benzene rings is 2. The van der Waals surface area contributed by atoms with Gasteiger partial charge in [-0.3, -0.25) is 4.79 Å². The normalized spacial score (nSPS) is 10.1. The van der Waals surface area contributed by atoms with E-state index in [1.54, 1.807) is 24.3 Å². The number of hydrogen-bond donors (Lipinski definition) is 1. The molecule has 0 N–H and O–H groups in total. The van der Waals surface area contributed by atoms with Crippen LogP contribution in [0.15, 0.2) is 54.6 Å². The lowest BCUT2D eigenvalue weighted by Gasteiger charge is -2.06. The molecule has 0 unspecified atom stereocenters. The summed E-state index contributed by atoms with van der Waals surface area (Å²) in [4.78, 5) is 11.6. The first-order valence-electron chi connectivity index (χ1n) is 5.76. The Balaban J connectivity index is 2.06. The first-order chi connectivity index (χ1) is 8.79. The molecule has 0 atom stereocenters. The van der Waals surface area contributed by atoms with Crippen molar-refractivity contribution in [3.05, 3.63) is 60.2 Å². The maximum Gasteiger partial charge on any atom is 0.163 e. The van der Waals surface area contributed by atoms with Gasteiger partial charge in [-0.15, -0.1) is 0 Å². The second-order valence-corrected chi connectivity index (χ2v) is 4.28. The lowest BCUT2D eigenvalue weighted by Crippen LogP contribution is -1.99. The Labute approximate surface area is 112 Å². The summed E-state index contributed by atoms with van der Waals surface area (Å²) >= 11 is 4.05. The van der Waals surface area contributed by atoms with E-state index in [0.29, 0.717) is 17.7 Å².